The van der Waals surface area contributed by atoms with Crippen molar-refractivity contribution in [1.29, 1.82) is 0 Å². The van der Waals surface area contributed by atoms with Gasteiger partial charge < -0.3 is 15.1 Å². The molecule has 0 amide bonds. The van der Waals surface area contributed by atoms with E-state index in [1.54, 1.807) is 29.5 Å². The summed E-state index contributed by atoms with van der Waals surface area (Å²) in [5.74, 6) is 0.781. The first-order valence-electron chi connectivity index (χ1n) is 10.6. The topological polar surface area (TPSA) is 88.6 Å². The fourth-order valence-corrected chi connectivity index (χ4v) is 4.06. The van der Waals surface area contributed by atoms with Crippen molar-refractivity contribution in [3.63, 3.8) is 0 Å². The third-order valence-corrected chi connectivity index (χ3v) is 5.29. The van der Waals surface area contributed by atoms with E-state index in [2.05, 4.69) is 69.1 Å². The van der Waals surface area contributed by atoms with Gasteiger partial charge in [0.25, 0.3) is 0 Å². The molecular weight excluding hydrogens is 607 g/mol. The summed E-state index contributed by atoms with van der Waals surface area (Å²) in [6.07, 6.45) is 12.2. The van der Waals surface area contributed by atoms with Gasteiger partial charge in [0.2, 0.25) is 0 Å². The molecule has 1 atom stereocenters. The predicted molar refractivity (Wildman–Crippen MR) is 123 cm³/mol. The smallest absolute Gasteiger partial charge is 0.441 e. The molecule has 5 rings (SSSR count). The number of aromatic nitrogens is 8. The Kier molecular flexibility index (Phi) is 8.29. The zero-order valence-electron chi connectivity index (χ0n) is 19.7. The first kappa shape index (κ1) is 25.2. The molecule has 9 heteroatoms. The number of rotatable bonds is 4. The summed E-state index contributed by atoms with van der Waals surface area (Å²) in [6.45, 7) is 8.38. The van der Waals surface area contributed by atoms with Crippen molar-refractivity contribution in [3.05, 3.63) is 101 Å². The van der Waals surface area contributed by atoms with Crippen LogP contribution in [0.2, 0.25) is 0 Å². The van der Waals surface area contributed by atoms with Crippen molar-refractivity contribution in [2.75, 3.05) is 0 Å². The summed E-state index contributed by atoms with van der Waals surface area (Å²) in [5.41, 5.74) is 7.69. The number of imidazole rings is 1. The molecular formula is C25H26N8Pt+2. The fourth-order valence-electron chi connectivity index (χ4n) is 4.06. The van der Waals surface area contributed by atoms with Gasteiger partial charge in [0.1, 0.15) is 6.33 Å². The molecule has 0 aliphatic rings. The molecule has 0 aliphatic heterocycles. The van der Waals surface area contributed by atoms with Crippen LogP contribution in [-0.4, -0.2) is 24.7 Å². The maximum Gasteiger partial charge on any atom is 4.00 e. The van der Waals surface area contributed by atoms with Crippen molar-refractivity contribution >= 4 is 0 Å². The molecule has 0 saturated heterocycles. The van der Waals surface area contributed by atoms with Crippen molar-refractivity contribution in [1.82, 2.24) is 34.8 Å². The van der Waals surface area contributed by atoms with Crippen LogP contribution in [-0.2, 0) is 28.1 Å². The summed E-state index contributed by atoms with van der Waals surface area (Å²) in [6, 6.07) is 9.19. The quantitative estimate of drug-likeness (QED) is 0.224. The molecule has 1 unspecified atom stereocenters. The summed E-state index contributed by atoms with van der Waals surface area (Å²) in [7, 11) is 1.89. The Bertz CT molecular complexity index is 1250. The number of aryl methyl sites for hydroxylation is 5. The van der Waals surface area contributed by atoms with E-state index in [1.165, 1.54) is 28.6 Å². The molecule has 174 valence electrons. The molecule has 0 saturated carbocycles. The van der Waals surface area contributed by atoms with Gasteiger partial charge in [0, 0.05) is 18.8 Å². The Balaban J connectivity index is 0.000000201. The minimum atomic E-state index is -0.0689. The minimum absolute atomic E-state index is 0. The first-order valence-corrected chi connectivity index (χ1v) is 10.6. The molecule has 0 bridgehead atoms. The second-order valence-electron chi connectivity index (χ2n) is 7.97. The standard InChI is InChI=1S/C16H17N4.C9H9N4.Pt/c1-11-9-12(2)14(13(3)10-11)15(16-17-6-7-18-16)20-8-4-5-19-20;1-7-5-13(2)12-9(7)8-3-4-10-6-11-8;/h4-10,15H,1-3H3;4-6H,1-2H3;/q2*-1;+4. The maximum atomic E-state index is 4.39. The average Bonchev–Trinajstić information content (AvgIpc) is 3.55. The molecule has 34 heavy (non-hydrogen) atoms. The van der Waals surface area contributed by atoms with E-state index in [1.807, 2.05) is 37.1 Å². The van der Waals surface area contributed by atoms with E-state index in [0.717, 1.165) is 22.8 Å². The van der Waals surface area contributed by atoms with Gasteiger partial charge in [-0.25, -0.2) is 6.07 Å². The Labute approximate surface area is 213 Å². The monoisotopic (exact) mass is 633 g/mol. The van der Waals surface area contributed by atoms with E-state index in [9.17, 15) is 0 Å². The second-order valence-corrected chi connectivity index (χ2v) is 7.97. The molecule has 0 radical (unpaired) electrons. The van der Waals surface area contributed by atoms with Crippen LogP contribution in [0.4, 0.5) is 0 Å². The number of hydrogen-bond acceptors (Lipinski definition) is 4. The summed E-state index contributed by atoms with van der Waals surface area (Å²) < 4.78 is 3.68. The van der Waals surface area contributed by atoms with Gasteiger partial charge in [-0.05, 0) is 49.5 Å². The van der Waals surface area contributed by atoms with E-state index in [4.69, 9.17) is 0 Å². The van der Waals surface area contributed by atoms with Crippen LogP contribution in [0.25, 0.3) is 11.4 Å². The molecule has 0 N–H and O–H groups in total. The molecule has 0 fully saturated rings. The molecule has 4 heterocycles. The molecule has 0 aliphatic carbocycles. The molecule has 0 spiro atoms. The maximum absolute atomic E-state index is 4.39. The van der Waals surface area contributed by atoms with E-state index < -0.39 is 0 Å². The summed E-state index contributed by atoms with van der Waals surface area (Å²) >= 11 is 0. The van der Waals surface area contributed by atoms with E-state index >= 15 is 0 Å². The van der Waals surface area contributed by atoms with E-state index in [-0.39, 0.29) is 27.1 Å². The van der Waals surface area contributed by atoms with Gasteiger partial charge in [-0.1, -0.05) is 54.5 Å². The zero-order valence-corrected chi connectivity index (χ0v) is 22.0. The fraction of sp³-hybridized carbons (Fsp3) is 0.240. The normalized spacial score (nSPS) is 11.3. The molecule has 1 aromatic carbocycles. The van der Waals surface area contributed by atoms with Crippen LogP contribution < -0.4 is 14.8 Å². The Hall–Kier alpha value is -3.38. The Morgan fingerprint density at radius 2 is 1.79 bits per heavy atom. The molecule has 8 nitrogen and oxygen atoms in total. The largest absolute Gasteiger partial charge is 4.00 e. The Morgan fingerprint density at radius 3 is 2.32 bits per heavy atom. The summed E-state index contributed by atoms with van der Waals surface area (Å²) in [4.78, 5) is 16.7. The van der Waals surface area contributed by atoms with Crippen molar-refractivity contribution in [2.24, 2.45) is 7.05 Å². The van der Waals surface area contributed by atoms with Gasteiger partial charge in [-0.3, -0.25) is 24.4 Å². The van der Waals surface area contributed by atoms with Crippen LogP contribution in [0.3, 0.4) is 0 Å². The predicted octanol–water partition coefficient (Wildman–Crippen LogP) is 2.83. The molecule has 4 aromatic heterocycles. The van der Waals surface area contributed by atoms with Crippen LogP contribution in [0.5, 0.6) is 0 Å². The number of hydrogen-bond donors (Lipinski definition) is 0. The third kappa shape index (κ3) is 5.57. The first-order chi connectivity index (χ1) is 15.9. The van der Waals surface area contributed by atoms with Crippen LogP contribution in [0, 0.1) is 33.8 Å². The van der Waals surface area contributed by atoms with Gasteiger partial charge in [-0.2, -0.15) is 0 Å². The van der Waals surface area contributed by atoms with Crippen LogP contribution in [0.15, 0.2) is 61.7 Å². The van der Waals surface area contributed by atoms with Crippen molar-refractivity contribution < 1.29 is 25.7 Å². The van der Waals surface area contributed by atoms with Gasteiger partial charge in [0.05, 0.1) is 0 Å². The second kappa shape index (κ2) is 11.2. The number of nitrogens with zero attached hydrogens (tertiary/aromatic N) is 8. The van der Waals surface area contributed by atoms with Crippen molar-refractivity contribution in [2.45, 2.75) is 33.7 Å². The minimum Gasteiger partial charge on any atom is -0.441 e. The molecule has 5 aromatic rings. The third-order valence-electron chi connectivity index (χ3n) is 5.29. The zero-order chi connectivity index (χ0) is 23.4. The van der Waals surface area contributed by atoms with E-state index in [0.29, 0.717) is 0 Å². The average molecular weight is 634 g/mol. The number of benzene rings is 1. The van der Waals surface area contributed by atoms with Gasteiger partial charge in [-0.15, -0.1) is 6.20 Å². The van der Waals surface area contributed by atoms with Crippen LogP contribution >= 0.6 is 0 Å². The Morgan fingerprint density at radius 1 is 1.03 bits per heavy atom. The van der Waals surface area contributed by atoms with Crippen LogP contribution in [0.1, 0.15) is 39.7 Å². The van der Waals surface area contributed by atoms with Crippen molar-refractivity contribution in [3.8, 4) is 11.4 Å². The summed E-state index contributed by atoms with van der Waals surface area (Å²) in [5, 5.41) is 8.67. The SMILES string of the molecule is Cc1cc(C)c(C(c2ncc[n-]2)[n+]2ccc[n-]2)c(C)c1.Cc1cn(C)nc1-c1[c-]cncn1.[Pt+4]. The van der Waals surface area contributed by atoms with Gasteiger partial charge >= 0.3 is 21.1 Å². The van der Waals surface area contributed by atoms with Gasteiger partial charge in [0.15, 0.2) is 12.2 Å².